The Hall–Kier alpha value is -3.08. The van der Waals surface area contributed by atoms with Crippen LogP contribution in [-0.4, -0.2) is 18.7 Å². The predicted molar refractivity (Wildman–Crippen MR) is 96.4 cm³/mol. The maximum absolute atomic E-state index is 12.7. The van der Waals surface area contributed by atoms with Gasteiger partial charge in [-0.25, -0.2) is 9.59 Å². The van der Waals surface area contributed by atoms with E-state index in [1.165, 1.54) is 0 Å². The number of hydrogen-bond donors (Lipinski definition) is 0. The minimum atomic E-state index is -0.910. The summed E-state index contributed by atoms with van der Waals surface area (Å²) in [5.74, 6) is -0.624. The van der Waals surface area contributed by atoms with Crippen LogP contribution in [0.25, 0.3) is 11.0 Å². The molecule has 1 aliphatic rings. The zero-order valence-electron chi connectivity index (χ0n) is 14.3. The molecule has 1 aromatic heterocycles. The Labute approximate surface area is 150 Å². The molecule has 0 unspecified atom stereocenters. The average molecular weight is 350 g/mol. The molecular formula is C21H18O5. The lowest BCUT2D eigenvalue weighted by molar-refractivity contribution is -0.151. The second-order valence-corrected chi connectivity index (χ2v) is 6.22. The van der Waals surface area contributed by atoms with Crippen molar-refractivity contribution in [2.75, 3.05) is 6.61 Å². The number of para-hydroxylation sites is 1. The number of ether oxygens (including phenoxy) is 2. The van der Waals surface area contributed by atoms with Crippen LogP contribution in [0.3, 0.4) is 0 Å². The van der Waals surface area contributed by atoms with Crippen molar-refractivity contribution in [3.05, 3.63) is 76.1 Å². The first-order valence-corrected chi connectivity index (χ1v) is 8.64. The van der Waals surface area contributed by atoms with Gasteiger partial charge in [0.05, 0.1) is 23.5 Å². The van der Waals surface area contributed by atoms with Crippen LogP contribution in [0.2, 0.25) is 0 Å². The van der Waals surface area contributed by atoms with Crippen LogP contribution in [0.1, 0.15) is 30.4 Å². The summed E-state index contributed by atoms with van der Waals surface area (Å²) in [6, 6.07) is 16.5. The highest BCUT2D eigenvalue weighted by atomic mass is 16.6. The maximum Gasteiger partial charge on any atom is 0.348 e. The summed E-state index contributed by atoms with van der Waals surface area (Å²) in [4.78, 5) is 25.3. The summed E-state index contributed by atoms with van der Waals surface area (Å²) in [5, 5.41) is 0.675. The van der Waals surface area contributed by atoms with E-state index in [0.717, 1.165) is 5.56 Å². The summed E-state index contributed by atoms with van der Waals surface area (Å²) < 4.78 is 16.8. The molecule has 2 heterocycles. The van der Waals surface area contributed by atoms with Gasteiger partial charge in [-0.1, -0.05) is 49.4 Å². The molecular weight excluding hydrogens is 332 g/mol. The van der Waals surface area contributed by atoms with E-state index < -0.39 is 23.6 Å². The van der Waals surface area contributed by atoms with Gasteiger partial charge in [0.25, 0.3) is 0 Å². The van der Waals surface area contributed by atoms with Crippen LogP contribution in [0, 0.1) is 0 Å². The van der Waals surface area contributed by atoms with Crippen LogP contribution in [0.5, 0.6) is 5.75 Å². The van der Waals surface area contributed by atoms with Gasteiger partial charge in [0, 0.05) is 0 Å². The van der Waals surface area contributed by atoms with E-state index >= 15 is 0 Å². The average Bonchev–Trinajstić information content (AvgIpc) is 3.08. The number of rotatable bonds is 4. The summed E-state index contributed by atoms with van der Waals surface area (Å²) in [5.41, 5.74) is 1.13. The molecule has 0 N–H and O–H groups in total. The molecule has 1 aliphatic heterocycles. The minimum absolute atomic E-state index is 0.311. The molecule has 3 aromatic rings. The van der Waals surface area contributed by atoms with E-state index in [1.54, 1.807) is 12.1 Å². The van der Waals surface area contributed by atoms with Crippen molar-refractivity contribution in [3.63, 3.8) is 0 Å². The Balaban J connectivity index is 1.90. The number of carbonyl (C=O) groups excluding carboxylic acids is 1. The van der Waals surface area contributed by atoms with E-state index in [0.29, 0.717) is 35.3 Å². The first-order chi connectivity index (χ1) is 12.7. The smallest absolute Gasteiger partial charge is 0.348 e. The summed E-state index contributed by atoms with van der Waals surface area (Å²) >= 11 is 0. The van der Waals surface area contributed by atoms with Gasteiger partial charge in [-0.3, -0.25) is 0 Å². The van der Waals surface area contributed by atoms with Crippen molar-refractivity contribution >= 4 is 16.9 Å². The van der Waals surface area contributed by atoms with Gasteiger partial charge in [-0.15, -0.1) is 0 Å². The largest absolute Gasteiger partial charge is 0.476 e. The van der Waals surface area contributed by atoms with Crippen LogP contribution in [0.4, 0.5) is 0 Å². The first-order valence-electron chi connectivity index (χ1n) is 8.64. The SMILES string of the molecule is CCCOC(=O)[C@H]1Oc2c(c(=O)oc3ccccc23)[C@@H]1c1ccccc1. The molecule has 4 rings (SSSR count). The molecule has 0 fully saturated rings. The van der Waals surface area contributed by atoms with E-state index in [4.69, 9.17) is 13.9 Å². The summed E-state index contributed by atoms with van der Waals surface area (Å²) in [6.07, 6.45) is -0.195. The second-order valence-electron chi connectivity index (χ2n) is 6.22. The molecule has 0 aliphatic carbocycles. The van der Waals surface area contributed by atoms with Crippen molar-refractivity contribution in [1.82, 2.24) is 0 Å². The number of esters is 1. The van der Waals surface area contributed by atoms with E-state index in [2.05, 4.69) is 0 Å². The molecule has 0 saturated heterocycles. The van der Waals surface area contributed by atoms with Gasteiger partial charge in [-0.05, 0) is 24.1 Å². The minimum Gasteiger partial charge on any atom is -0.476 e. The molecule has 132 valence electrons. The fraction of sp³-hybridized carbons (Fsp3) is 0.238. The monoisotopic (exact) mass is 350 g/mol. The molecule has 2 aromatic carbocycles. The topological polar surface area (TPSA) is 65.7 Å². The van der Waals surface area contributed by atoms with Gasteiger partial charge in [-0.2, -0.15) is 0 Å². The predicted octanol–water partition coefficient (Wildman–Crippen LogP) is 3.64. The molecule has 0 bridgehead atoms. The second kappa shape index (κ2) is 6.67. The molecule has 5 nitrogen and oxygen atoms in total. The lowest BCUT2D eigenvalue weighted by atomic mass is 9.88. The van der Waals surface area contributed by atoms with Gasteiger partial charge in [0.15, 0.2) is 0 Å². The molecule has 0 spiro atoms. The fourth-order valence-electron chi connectivity index (χ4n) is 3.35. The third kappa shape index (κ3) is 2.65. The quantitative estimate of drug-likeness (QED) is 0.531. The fourth-order valence-corrected chi connectivity index (χ4v) is 3.35. The summed E-state index contributed by atoms with van der Waals surface area (Å²) in [6.45, 7) is 2.24. The van der Waals surface area contributed by atoms with E-state index in [9.17, 15) is 9.59 Å². The van der Waals surface area contributed by atoms with Crippen LogP contribution in [-0.2, 0) is 9.53 Å². The molecule has 26 heavy (non-hydrogen) atoms. The Bertz CT molecular complexity index is 1010. The van der Waals surface area contributed by atoms with Crippen molar-refractivity contribution < 1.29 is 18.7 Å². The number of benzene rings is 2. The maximum atomic E-state index is 12.7. The zero-order chi connectivity index (χ0) is 18.1. The third-order valence-electron chi connectivity index (χ3n) is 4.50. The molecule has 0 saturated carbocycles. The van der Waals surface area contributed by atoms with Crippen molar-refractivity contribution in [1.29, 1.82) is 0 Å². The Morgan fingerprint density at radius 1 is 1.08 bits per heavy atom. The lowest BCUT2D eigenvalue weighted by Gasteiger charge is -2.17. The van der Waals surface area contributed by atoms with Gasteiger partial charge in [0.2, 0.25) is 6.10 Å². The highest BCUT2D eigenvalue weighted by molar-refractivity contribution is 5.88. The molecule has 2 atom stereocenters. The van der Waals surface area contributed by atoms with Crippen molar-refractivity contribution in [2.45, 2.75) is 25.4 Å². The Morgan fingerprint density at radius 3 is 2.58 bits per heavy atom. The van der Waals surface area contributed by atoms with Crippen LogP contribution in [0.15, 0.2) is 63.8 Å². The normalized spacial score (nSPS) is 18.3. The molecule has 5 heteroatoms. The number of carbonyl (C=O) groups is 1. The highest BCUT2D eigenvalue weighted by Gasteiger charge is 2.45. The van der Waals surface area contributed by atoms with Crippen LogP contribution >= 0.6 is 0 Å². The standard InChI is InChI=1S/C21H18O5/c1-2-12-24-21(23)19-16(13-8-4-3-5-9-13)17-18(26-19)14-10-6-7-11-15(14)25-20(17)22/h3-11,16,19H,2,12H2,1H3/t16-,19-/m0/s1. The Morgan fingerprint density at radius 2 is 1.81 bits per heavy atom. The molecule has 0 amide bonds. The van der Waals surface area contributed by atoms with Crippen LogP contribution < -0.4 is 10.4 Å². The van der Waals surface area contributed by atoms with Gasteiger partial charge < -0.3 is 13.9 Å². The first kappa shape index (κ1) is 16.4. The Kier molecular flexibility index (Phi) is 4.21. The lowest BCUT2D eigenvalue weighted by Crippen LogP contribution is -2.32. The van der Waals surface area contributed by atoms with Crippen molar-refractivity contribution in [3.8, 4) is 5.75 Å². The van der Waals surface area contributed by atoms with Gasteiger partial charge >= 0.3 is 11.6 Å². The van der Waals surface area contributed by atoms with Gasteiger partial charge in [0.1, 0.15) is 11.3 Å². The number of hydrogen-bond acceptors (Lipinski definition) is 5. The van der Waals surface area contributed by atoms with E-state index in [1.807, 2.05) is 49.4 Å². The summed E-state index contributed by atoms with van der Waals surface area (Å²) in [7, 11) is 0. The number of fused-ring (bicyclic) bond motifs is 3. The zero-order valence-corrected chi connectivity index (χ0v) is 14.3. The van der Waals surface area contributed by atoms with Crippen molar-refractivity contribution in [2.24, 2.45) is 0 Å². The molecule has 0 radical (unpaired) electrons. The third-order valence-corrected chi connectivity index (χ3v) is 4.50. The highest BCUT2D eigenvalue weighted by Crippen LogP contribution is 2.44. The van der Waals surface area contributed by atoms with E-state index in [-0.39, 0.29) is 0 Å².